The van der Waals surface area contributed by atoms with Crippen molar-refractivity contribution in [3.63, 3.8) is 0 Å². The molecule has 1 aromatic carbocycles. The predicted octanol–water partition coefficient (Wildman–Crippen LogP) is 2.18. The van der Waals surface area contributed by atoms with Crippen LogP contribution < -0.4 is 5.43 Å². The Hall–Kier alpha value is -1.64. The lowest BCUT2D eigenvalue weighted by atomic mass is 10.1. The van der Waals surface area contributed by atoms with E-state index in [1.54, 1.807) is 6.21 Å². The summed E-state index contributed by atoms with van der Waals surface area (Å²) in [6.45, 7) is 4.00. The van der Waals surface area contributed by atoms with Gasteiger partial charge in [0, 0.05) is 6.42 Å². The van der Waals surface area contributed by atoms with Crippen molar-refractivity contribution < 1.29 is 4.79 Å². The van der Waals surface area contributed by atoms with Gasteiger partial charge in [-0.2, -0.15) is 5.10 Å². The number of hydrogen-bond donors (Lipinski definition) is 1. The first-order valence-corrected chi connectivity index (χ1v) is 5.05. The summed E-state index contributed by atoms with van der Waals surface area (Å²) in [6, 6.07) is 9.65. The van der Waals surface area contributed by atoms with E-state index in [4.69, 9.17) is 0 Å². The van der Waals surface area contributed by atoms with Crippen molar-refractivity contribution in [2.45, 2.75) is 20.3 Å². The SMILES string of the molecule is CC(C)CC(=O)N/N=C/c1ccccc1. The molecule has 80 valence electrons. The molecule has 0 fully saturated rings. The van der Waals surface area contributed by atoms with Gasteiger partial charge >= 0.3 is 0 Å². The Morgan fingerprint density at radius 1 is 1.40 bits per heavy atom. The molecule has 3 nitrogen and oxygen atoms in total. The summed E-state index contributed by atoms with van der Waals surface area (Å²) in [5.74, 6) is 0.314. The smallest absolute Gasteiger partial charge is 0.240 e. The summed E-state index contributed by atoms with van der Waals surface area (Å²) in [5.41, 5.74) is 3.47. The van der Waals surface area contributed by atoms with Crippen molar-refractivity contribution in [3.8, 4) is 0 Å². The zero-order valence-corrected chi connectivity index (χ0v) is 9.10. The molecule has 1 rings (SSSR count). The molecule has 0 aliphatic heterocycles. The van der Waals surface area contributed by atoms with Crippen LogP contribution in [0, 0.1) is 5.92 Å². The van der Waals surface area contributed by atoms with Crippen molar-refractivity contribution in [3.05, 3.63) is 35.9 Å². The van der Waals surface area contributed by atoms with E-state index in [1.165, 1.54) is 0 Å². The molecule has 0 heterocycles. The van der Waals surface area contributed by atoms with Crippen molar-refractivity contribution in [1.82, 2.24) is 5.43 Å². The molecule has 0 saturated carbocycles. The van der Waals surface area contributed by atoms with Gasteiger partial charge in [0.1, 0.15) is 0 Å². The van der Waals surface area contributed by atoms with E-state index in [0.29, 0.717) is 12.3 Å². The van der Waals surface area contributed by atoms with Crippen molar-refractivity contribution in [1.29, 1.82) is 0 Å². The quantitative estimate of drug-likeness (QED) is 0.592. The van der Waals surface area contributed by atoms with E-state index >= 15 is 0 Å². The molecule has 3 heteroatoms. The molecule has 0 atom stereocenters. The van der Waals surface area contributed by atoms with Gasteiger partial charge in [-0.1, -0.05) is 44.2 Å². The van der Waals surface area contributed by atoms with Gasteiger partial charge < -0.3 is 0 Å². The lowest BCUT2D eigenvalue weighted by molar-refractivity contribution is -0.121. The average Bonchev–Trinajstić information content (AvgIpc) is 2.18. The number of hydrazone groups is 1. The van der Waals surface area contributed by atoms with E-state index in [0.717, 1.165) is 5.56 Å². The maximum atomic E-state index is 11.2. The summed E-state index contributed by atoms with van der Waals surface area (Å²) in [6.07, 6.45) is 2.14. The maximum Gasteiger partial charge on any atom is 0.240 e. The van der Waals surface area contributed by atoms with E-state index < -0.39 is 0 Å². The number of nitrogens with one attached hydrogen (secondary N) is 1. The summed E-state index contributed by atoms with van der Waals surface area (Å²) in [4.78, 5) is 11.2. The summed E-state index contributed by atoms with van der Waals surface area (Å²) in [5, 5.41) is 3.87. The zero-order valence-electron chi connectivity index (χ0n) is 9.10. The minimum atomic E-state index is -0.0443. The van der Waals surface area contributed by atoms with Crippen LogP contribution >= 0.6 is 0 Å². The minimum Gasteiger partial charge on any atom is -0.273 e. The van der Waals surface area contributed by atoms with Gasteiger partial charge in [-0.25, -0.2) is 5.43 Å². The first-order chi connectivity index (χ1) is 7.18. The third-order valence-electron chi connectivity index (χ3n) is 1.80. The highest BCUT2D eigenvalue weighted by atomic mass is 16.2. The van der Waals surface area contributed by atoms with Crippen LogP contribution in [0.3, 0.4) is 0 Å². The molecular weight excluding hydrogens is 188 g/mol. The van der Waals surface area contributed by atoms with Gasteiger partial charge in [0.25, 0.3) is 0 Å². The van der Waals surface area contributed by atoms with Crippen LogP contribution in [0.25, 0.3) is 0 Å². The predicted molar refractivity (Wildman–Crippen MR) is 61.6 cm³/mol. The summed E-state index contributed by atoms with van der Waals surface area (Å²) >= 11 is 0. The topological polar surface area (TPSA) is 41.5 Å². The number of carbonyl (C=O) groups is 1. The average molecular weight is 204 g/mol. The zero-order chi connectivity index (χ0) is 11.1. The van der Waals surface area contributed by atoms with Gasteiger partial charge in [0.05, 0.1) is 6.21 Å². The van der Waals surface area contributed by atoms with Gasteiger partial charge in [-0.05, 0) is 11.5 Å². The van der Waals surface area contributed by atoms with E-state index in [-0.39, 0.29) is 5.91 Å². The van der Waals surface area contributed by atoms with Gasteiger partial charge in [0.15, 0.2) is 0 Å². The van der Waals surface area contributed by atoms with E-state index in [1.807, 2.05) is 44.2 Å². The van der Waals surface area contributed by atoms with Crippen LogP contribution in [0.15, 0.2) is 35.4 Å². The number of nitrogens with zero attached hydrogens (tertiary/aromatic N) is 1. The third-order valence-corrected chi connectivity index (χ3v) is 1.80. The molecule has 0 unspecified atom stereocenters. The Bertz CT molecular complexity index is 331. The molecule has 0 saturated heterocycles. The Labute approximate surface area is 90.2 Å². The Morgan fingerprint density at radius 2 is 2.07 bits per heavy atom. The highest BCUT2D eigenvalue weighted by molar-refractivity contribution is 5.82. The first-order valence-electron chi connectivity index (χ1n) is 5.05. The van der Waals surface area contributed by atoms with Crippen LogP contribution in [0.4, 0.5) is 0 Å². The lowest BCUT2D eigenvalue weighted by Crippen LogP contribution is -2.19. The Balaban J connectivity index is 2.37. The molecule has 0 radical (unpaired) electrons. The second-order valence-corrected chi connectivity index (χ2v) is 3.80. The Morgan fingerprint density at radius 3 is 2.67 bits per heavy atom. The highest BCUT2D eigenvalue weighted by Crippen LogP contribution is 1.98. The highest BCUT2D eigenvalue weighted by Gasteiger charge is 2.01. The monoisotopic (exact) mass is 204 g/mol. The molecule has 0 bridgehead atoms. The van der Waals surface area contributed by atoms with Crippen molar-refractivity contribution in [2.24, 2.45) is 11.0 Å². The van der Waals surface area contributed by atoms with Crippen LogP contribution in [-0.4, -0.2) is 12.1 Å². The fraction of sp³-hybridized carbons (Fsp3) is 0.333. The molecule has 0 spiro atoms. The van der Waals surface area contributed by atoms with Gasteiger partial charge in [0.2, 0.25) is 5.91 Å². The van der Waals surface area contributed by atoms with Gasteiger partial charge in [-0.15, -0.1) is 0 Å². The molecule has 0 aliphatic carbocycles. The molecule has 15 heavy (non-hydrogen) atoms. The molecule has 1 N–H and O–H groups in total. The lowest BCUT2D eigenvalue weighted by Gasteiger charge is -2.01. The molecule has 0 aliphatic rings. The number of amides is 1. The fourth-order valence-electron chi connectivity index (χ4n) is 1.13. The van der Waals surface area contributed by atoms with Crippen LogP contribution in [-0.2, 0) is 4.79 Å². The van der Waals surface area contributed by atoms with E-state index in [2.05, 4.69) is 10.5 Å². The maximum absolute atomic E-state index is 11.2. The number of hydrogen-bond acceptors (Lipinski definition) is 2. The second kappa shape index (κ2) is 5.96. The van der Waals surface area contributed by atoms with E-state index in [9.17, 15) is 4.79 Å². The van der Waals surface area contributed by atoms with Crippen LogP contribution in [0.5, 0.6) is 0 Å². The van der Waals surface area contributed by atoms with Crippen molar-refractivity contribution >= 4 is 12.1 Å². The number of carbonyl (C=O) groups excluding carboxylic acids is 1. The first kappa shape index (κ1) is 11.4. The van der Waals surface area contributed by atoms with Crippen LogP contribution in [0.1, 0.15) is 25.8 Å². The number of benzene rings is 1. The third kappa shape index (κ3) is 4.96. The molecule has 0 aromatic heterocycles. The summed E-state index contributed by atoms with van der Waals surface area (Å²) < 4.78 is 0. The normalized spacial score (nSPS) is 10.9. The molecule has 1 aromatic rings. The standard InChI is InChI=1S/C12H16N2O/c1-10(2)8-12(15)14-13-9-11-6-4-3-5-7-11/h3-7,9-10H,8H2,1-2H3,(H,14,15)/b13-9+. The Kier molecular flexibility index (Phi) is 4.54. The summed E-state index contributed by atoms with van der Waals surface area (Å²) in [7, 11) is 0. The fourth-order valence-corrected chi connectivity index (χ4v) is 1.13. The molecular formula is C12H16N2O. The second-order valence-electron chi connectivity index (χ2n) is 3.80. The number of rotatable bonds is 4. The minimum absolute atomic E-state index is 0.0443. The van der Waals surface area contributed by atoms with Crippen LogP contribution in [0.2, 0.25) is 0 Å². The largest absolute Gasteiger partial charge is 0.273 e. The van der Waals surface area contributed by atoms with Gasteiger partial charge in [-0.3, -0.25) is 4.79 Å². The molecule has 1 amide bonds. The van der Waals surface area contributed by atoms with Crippen molar-refractivity contribution in [2.75, 3.05) is 0 Å².